The van der Waals surface area contributed by atoms with Crippen molar-refractivity contribution in [1.82, 2.24) is 4.90 Å². The third-order valence-electron chi connectivity index (χ3n) is 3.29. The van der Waals surface area contributed by atoms with Crippen LogP contribution >= 0.6 is 0 Å². The molecule has 0 aliphatic rings. The summed E-state index contributed by atoms with van der Waals surface area (Å²) in [6, 6.07) is 10.5. The second-order valence-electron chi connectivity index (χ2n) is 5.01. The van der Waals surface area contributed by atoms with E-state index in [9.17, 15) is 0 Å². The van der Waals surface area contributed by atoms with E-state index in [4.69, 9.17) is 0 Å². The molecule has 1 nitrogen and oxygen atoms in total. The van der Waals surface area contributed by atoms with Crippen molar-refractivity contribution in [2.75, 3.05) is 13.1 Å². The topological polar surface area (TPSA) is 3.24 Å². The minimum absolute atomic E-state index is 1.15. The normalized spacial score (nSPS) is 12.6. The Morgan fingerprint density at radius 1 is 0.947 bits per heavy atom. The molecule has 0 saturated heterocycles. The molecule has 0 spiro atoms. The maximum atomic E-state index is 2.47. The van der Waals surface area contributed by atoms with Gasteiger partial charge in [-0.1, -0.05) is 50.3 Å². The highest BCUT2D eigenvalue weighted by atomic mass is 15.1. The second-order valence-corrected chi connectivity index (χ2v) is 5.01. The average Bonchev–Trinajstić information content (AvgIpc) is 2.45. The van der Waals surface area contributed by atoms with E-state index < -0.39 is 0 Å². The first kappa shape index (κ1) is 15.6. The summed E-state index contributed by atoms with van der Waals surface area (Å²) in [5.41, 5.74) is 3.97. The van der Waals surface area contributed by atoms with Crippen LogP contribution in [0, 0.1) is 0 Å². The Balaban J connectivity index is 2.77. The van der Waals surface area contributed by atoms with Crippen LogP contribution in [0.15, 0.2) is 48.2 Å². The van der Waals surface area contributed by atoms with Crippen LogP contribution in [0.3, 0.4) is 0 Å². The smallest absolute Gasteiger partial charge is 0.0172 e. The predicted molar refractivity (Wildman–Crippen MR) is 86.0 cm³/mol. The molecule has 1 rings (SSSR count). The van der Waals surface area contributed by atoms with Crippen LogP contribution in [-0.2, 0) is 0 Å². The van der Waals surface area contributed by atoms with Gasteiger partial charge >= 0.3 is 0 Å². The molecule has 1 aromatic carbocycles. The fraction of sp³-hybridized carbons (Fsp3) is 0.444. The number of hydrogen-bond acceptors (Lipinski definition) is 1. The van der Waals surface area contributed by atoms with Crippen LogP contribution in [0.4, 0.5) is 0 Å². The van der Waals surface area contributed by atoms with Crippen molar-refractivity contribution in [2.45, 2.75) is 40.5 Å². The zero-order valence-corrected chi connectivity index (χ0v) is 12.8. The summed E-state index contributed by atoms with van der Waals surface area (Å²) in [6.45, 7) is 11.1. The van der Waals surface area contributed by atoms with Gasteiger partial charge in [-0.25, -0.2) is 0 Å². The SMILES string of the molecule is CCCN(CCC)/C(C)=C/C=C(\C)c1ccccc1. The van der Waals surface area contributed by atoms with E-state index in [2.05, 4.69) is 75.1 Å². The molecule has 1 aromatic rings. The Morgan fingerprint density at radius 3 is 2.05 bits per heavy atom. The first-order valence-electron chi connectivity index (χ1n) is 7.34. The molecule has 0 aromatic heterocycles. The standard InChI is InChI=1S/C18H27N/c1-5-14-19(15-6-2)17(4)13-12-16(3)18-10-8-7-9-11-18/h7-13H,5-6,14-15H2,1-4H3/b16-12+,17-13+. The second kappa shape index (κ2) is 8.58. The summed E-state index contributed by atoms with van der Waals surface area (Å²) in [5, 5.41) is 0. The molecule has 19 heavy (non-hydrogen) atoms. The zero-order valence-electron chi connectivity index (χ0n) is 12.8. The van der Waals surface area contributed by atoms with Crippen molar-refractivity contribution in [3.63, 3.8) is 0 Å². The van der Waals surface area contributed by atoms with Crippen LogP contribution in [0.1, 0.15) is 46.1 Å². The molecule has 0 saturated carbocycles. The molecule has 0 aliphatic carbocycles. The van der Waals surface area contributed by atoms with Gasteiger partial charge in [0, 0.05) is 18.8 Å². The Bertz CT molecular complexity index is 409. The zero-order chi connectivity index (χ0) is 14.1. The summed E-state index contributed by atoms with van der Waals surface area (Å²) in [4.78, 5) is 2.47. The maximum Gasteiger partial charge on any atom is 0.0172 e. The first-order valence-corrected chi connectivity index (χ1v) is 7.34. The Kier molecular flexibility index (Phi) is 7.02. The Hall–Kier alpha value is -1.50. The highest BCUT2D eigenvalue weighted by Crippen LogP contribution is 2.14. The van der Waals surface area contributed by atoms with Crippen LogP contribution in [0.5, 0.6) is 0 Å². The van der Waals surface area contributed by atoms with Gasteiger partial charge in [0.25, 0.3) is 0 Å². The first-order chi connectivity index (χ1) is 9.19. The van der Waals surface area contributed by atoms with Gasteiger partial charge in [0.1, 0.15) is 0 Å². The van der Waals surface area contributed by atoms with Crippen molar-refractivity contribution in [3.05, 3.63) is 53.7 Å². The van der Waals surface area contributed by atoms with Crippen LogP contribution in [0.25, 0.3) is 5.57 Å². The molecule has 0 fully saturated rings. The molecular formula is C18H27N. The Morgan fingerprint density at radius 2 is 1.53 bits per heavy atom. The van der Waals surface area contributed by atoms with Crippen LogP contribution < -0.4 is 0 Å². The van der Waals surface area contributed by atoms with E-state index in [0.717, 1.165) is 13.1 Å². The lowest BCUT2D eigenvalue weighted by atomic mass is 10.1. The minimum Gasteiger partial charge on any atom is -0.375 e. The van der Waals surface area contributed by atoms with Crippen molar-refractivity contribution < 1.29 is 0 Å². The van der Waals surface area contributed by atoms with E-state index in [0.29, 0.717) is 0 Å². The summed E-state index contributed by atoms with van der Waals surface area (Å²) in [5.74, 6) is 0. The molecule has 0 atom stereocenters. The number of rotatable bonds is 7. The van der Waals surface area contributed by atoms with Gasteiger partial charge in [-0.05, 0) is 43.9 Å². The molecule has 1 heteroatoms. The highest BCUT2D eigenvalue weighted by molar-refractivity contribution is 5.65. The van der Waals surface area contributed by atoms with E-state index >= 15 is 0 Å². The van der Waals surface area contributed by atoms with E-state index in [1.165, 1.54) is 29.7 Å². The van der Waals surface area contributed by atoms with Crippen LogP contribution in [0.2, 0.25) is 0 Å². The predicted octanol–water partition coefficient (Wildman–Crippen LogP) is 5.12. The summed E-state index contributed by atoms with van der Waals surface area (Å²) >= 11 is 0. The quantitative estimate of drug-likeness (QED) is 0.613. The number of hydrogen-bond donors (Lipinski definition) is 0. The monoisotopic (exact) mass is 257 g/mol. The molecule has 0 aliphatic heterocycles. The van der Waals surface area contributed by atoms with Gasteiger partial charge in [-0.2, -0.15) is 0 Å². The van der Waals surface area contributed by atoms with Gasteiger partial charge in [0.2, 0.25) is 0 Å². The van der Waals surface area contributed by atoms with E-state index in [-0.39, 0.29) is 0 Å². The number of allylic oxidation sites excluding steroid dienone is 4. The van der Waals surface area contributed by atoms with Gasteiger partial charge < -0.3 is 4.90 Å². The summed E-state index contributed by atoms with van der Waals surface area (Å²) in [7, 11) is 0. The molecule has 0 bridgehead atoms. The third kappa shape index (κ3) is 5.34. The van der Waals surface area contributed by atoms with Crippen molar-refractivity contribution in [3.8, 4) is 0 Å². The van der Waals surface area contributed by atoms with Crippen molar-refractivity contribution in [1.29, 1.82) is 0 Å². The van der Waals surface area contributed by atoms with E-state index in [1.54, 1.807) is 0 Å². The lowest BCUT2D eigenvalue weighted by Crippen LogP contribution is -2.23. The van der Waals surface area contributed by atoms with Crippen LogP contribution in [-0.4, -0.2) is 18.0 Å². The lowest BCUT2D eigenvalue weighted by Gasteiger charge is -2.24. The fourth-order valence-electron chi connectivity index (χ4n) is 2.15. The van der Waals surface area contributed by atoms with Gasteiger partial charge in [0.15, 0.2) is 0 Å². The molecule has 104 valence electrons. The van der Waals surface area contributed by atoms with Crippen molar-refractivity contribution in [2.24, 2.45) is 0 Å². The maximum absolute atomic E-state index is 2.47. The van der Waals surface area contributed by atoms with Gasteiger partial charge in [-0.15, -0.1) is 0 Å². The summed E-state index contributed by atoms with van der Waals surface area (Å²) < 4.78 is 0. The number of nitrogens with zero attached hydrogens (tertiary/aromatic N) is 1. The minimum atomic E-state index is 1.15. The molecule has 0 amide bonds. The molecule has 0 unspecified atom stereocenters. The molecule has 0 heterocycles. The van der Waals surface area contributed by atoms with Gasteiger partial charge in [0.05, 0.1) is 0 Å². The molecule has 0 N–H and O–H groups in total. The Labute approximate surface area is 118 Å². The lowest BCUT2D eigenvalue weighted by molar-refractivity contribution is 0.345. The third-order valence-corrected chi connectivity index (χ3v) is 3.29. The molecule has 0 radical (unpaired) electrons. The largest absolute Gasteiger partial charge is 0.375 e. The summed E-state index contributed by atoms with van der Waals surface area (Å²) in [6.07, 6.45) is 6.87. The van der Waals surface area contributed by atoms with E-state index in [1.807, 2.05) is 0 Å². The fourth-order valence-corrected chi connectivity index (χ4v) is 2.15. The highest BCUT2D eigenvalue weighted by Gasteiger charge is 2.01. The number of benzene rings is 1. The van der Waals surface area contributed by atoms with Crippen molar-refractivity contribution >= 4 is 5.57 Å². The molecular weight excluding hydrogens is 230 g/mol. The van der Waals surface area contributed by atoms with Gasteiger partial charge in [-0.3, -0.25) is 0 Å². The average molecular weight is 257 g/mol.